The van der Waals surface area contributed by atoms with Crippen LogP contribution in [0, 0.1) is 19.8 Å². The standard InChI is InChI=1S/C23H26ClN3O3S/c1-12(2)8-9-27-22(30)17-7-6-16(24)10-18(17)26-23(27)31-11-19(29)21-13(3)20(15(5)28)14(4)25-21/h6-7,10,12,25H,8-9,11H2,1-5H3. The number of carbonyl (C=O) groups excluding carboxylic acids is 2. The Bertz CT molecular complexity index is 1230. The number of hydrogen-bond donors (Lipinski definition) is 1. The molecular weight excluding hydrogens is 434 g/mol. The fourth-order valence-electron chi connectivity index (χ4n) is 3.63. The minimum atomic E-state index is -0.144. The molecule has 0 saturated heterocycles. The number of carbonyl (C=O) groups is 2. The normalized spacial score (nSPS) is 11.5. The van der Waals surface area contributed by atoms with Gasteiger partial charge in [0.1, 0.15) is 0 Å². The number of nitrogens with one attached hydrogen (secondary N) is 1. The van der Waals surface area contributed by atoms with E-state index in [-0.39, 0.29) is 22.9 Å². The van der Waals surface area contributed by atoms with Crippen molar-refractivity contribution < 1.29 is 9.59 Å². The summed E-state index contributed by atoms with van der Waals surface area (Å²) in [6.45, 7) is 9.76. The predicted octanol–water partition coefficient (Wildman–Crippen LogP) is 5.22. The SMILES string of the molecule is CC(=O)c1c(C)[nH]c(C(=O)CSc2nc3cc(Cl)ccc3c(=O)n2CCC(C)C)c1C. The van der Waals surface area contributed by atoms with Crippen LogP contribution in [0.25, 0.3) is 10.9 Å². The van der Waals surface area contributed by atoms with Crippen LogP contribution >= 0.6 is 23.4 Å². The molecule has 1 N–H and O–H groups in total. The van der Waals surface area contributed by atoms with Crippen molar-refractivity contribution in [3.05, 3.63) is 56.1 Å². The van der Waals surface area contributed by atoms with E-state index >= 15 is 0 Å². The van der Waals surface area contributed by atoms with Crippen molar-refractivity contribution in [1.82, 2.24) is 14.5 Å². The van der Waals surface area contributed by atoms with E-state index in [9.17, 15) is 14.4 Å². The highest BCUT2D eigenvalue weighted by Gasteiger charge is 2.21. The first-order chi connectivity index (χ1) is 14.6. The first kappa shape index (κ1) is 23.3. The van der Waals surface area contributed by atoms with E-state index in [4.69, 9.17) is 11.6 Å². The molecule has 0 bridgehead atoms. The summed E-state index contributed by atoms with van der Waals surface area (Å²) in [5.74, 6) is 0.294. The highest BCUT2D eigenvalue weighted by Crippen LogP contribution is 2.24. The van der Waals surface area contributed by atoms with Crippen molar-refractivity contribution in [2.45, 2.75) is 52.7 Å². The fourth-order valence-corrected chi connectivity index (χ4v) is 4.69. The van der Waals surface area contributed by atoms with Crippen LogP contribution in [0.2, 0.25) is 5.02 Å². The van der Waals surface area contributed by atoms with Crippen LogP contribution in [0.4, 0.5) is 0 Å². The van der Waals surface area contributed by atoms with Gasteiger partial charge in [0.25, 0.3) is 5.56 Å². The first-order valence-electron chi connectivity index (χ1n) is 10.2. The lowest BCUT2D eigenvalue weighted by Crippen LogP contribution is -2.24. The number of ketones is 2. The van der Waals surface area contributed by atoms with Crippen molar-refractivity contribution in [1.29, 1.82) is 0 Å². The molecule has 0 saturated carbocycles. The van der Waals surface area contributed by atoms with Gasteiger partial charge in [0, 0.05) is 22.8 Å². The summed E-state index contributed by atoms with van der Waals surface area (Å²) >= 11 is 7.32. The Balaban J connectivity index is 1.95. The molecule has 0 fully saturated rings. The van der Waals surface area contributed by atoms with Crippen molar-refractivity contribution in [3.8, 4) is 0 Å². The number of fused-ring (bicyclic) bond motifs is 1. The van der Waals surface area contributed by atoms with Gasteiger partial charge in [0.15, 0.2) is 16.7 Å². The summed E-state index contributed by atoms with van der Waals surface area (Å²) in [6.07, 6.45) is 0.819. The highest BCUT2D eigenvalue weighted by atomic mass is 35.5. The summed E-state index contributed by atoms with van der Waals surface area (Å²) in [4.78, 5) is 45.6. The summed E-state index contributed by atoms with van der Waals surface area (Å²) < 4.78 is 1.64. The Morgan fingerprint density at radius 2 is 1.97 bits per heavy atom. The fraction of sp³-hybridized carbons (Fsp3) is 0.391. The van der Waals surface area contributed by atoms with Crippen LogP contribution in [0.15, 0.2) is 28.2 Å². The lowest BCUT2D eigenvalue weighted by Gasteiger charge is -2.14. The predicted molar refractivity (Wildman–Crippen MR) is 126 cm³/mol. The van der Waals surface area contributed by atoms with Crippen molar-refractivity contribution in [2.75, 3.05) is 5.75 Å². The molecular formula is C23H26ClN3O3S. The number of aromatic amines is 1. The molecule has 6 nitrogen and oxygen atoms in total. The molecule has 1 aromatic carbocycles. The molecule has 2 heterocycles. The average molecular weight is 460 g/mol. The molecule has 8 heteroatoms. The van der Waals surface area contributed by atoms with E-state index in [0.29, 0.717) is 56.1 Å². The van der Waals surface area contributed by atoms with E-state index in [1.54, 1.807) is 36.6 Å². The molecule has 0 radical (unpaired) electrons. The Labute approximate surface area is 190 Å². The summed E-state index contributed by atoms with van der Waals surface area (Å²) in [6, 6.07) is 5.03. The van der Waals surface area contributed by atoms with Crippen LogP contribution in [0.1, 0.15) is 59.3 Å². The zero-order valence-corrected chi connectivity index (χ0v) is 19.9. The topological polar surface area (TPSA) is 84.8 Å². The lowest BCUT2D eigenvalue weighted by atomic mass is 10.1. The number of hydrogen-bond acceptors (Lipinski definition) is 5. The number of benzene rings is 1. The maximum atomic E-state index is 13.1. The highest BCUT2D eigenvalue weighted by molar-refractivity contribution is 7.99. The zero-order valence-electron chi connectivity index (χ0n) is 18.3. The van der Waals surface area contributed by atoms with E-state index in [1.165, 1.54) is 18.7 Å². The Morgan fingerprint density at radius 1 is 1.26 bits per heavy atom. The first-order valence-corrected chi connectivity index (χ1v) is 11.5. The Morgan fingerprint density at radius 3 is 2.58 bits per heavy atom. The molecule has 0 atom stereocenters. The van der Waals surface area contributed by atoms with E-state index < -0.39 is 0 Å². The molecule has 31 heavy (non-hydrogen) atoms. The van der Waals surface area contributed by atoms with Crippen LogP contribution in [0.5, 0.6) is 0 Å². The Hall–Kier alpha value is -2.38. The minimum Gasteiger partial charge on any atom is -0.355 e. The number of nitrogens with zero attached hydrogens (tertiary/aromatic N) is 2. The van der Waals surface area contributed by atoms with Crippen molar-refractivity contribution in [3.63, 3.8) is 0 Å². The number of halogens is 1. The summed E-state index contributed by atoms with van der Waals surface area (Å²) in [5.41, 5.74) is 2.70. The number of Topliss-reactive ketones (excluding diaryl/α,β-unsaturated/α-hetero) is 2. The van der Waals surface area contributed by atoms with E-state index in [0.717, 1.165) is 6.42 Å². The quantitative estimate of drug-likeness (QED) is 0.283. The minimum absolute atomic E-state index is 0.0754. The maximum absolute atomic E-state index is 13.1. The van der Waals surface area contributed by atoms with Gasteiger partial charge < -0.3 is 4.98 Å². The lowest BCUT2D eigenvalue weighted by molar-refractivity contribution is 0.101. The van der Waals surface area contributed by atoms with Gasteiger partial charge in [-0.2, -0.15) is 0 Å². The molecule has 164 valence electrons. The van der Waals surface area contributed by atoms with Crippen LogP contribution in [0.3, 0.4) is 0 Å². The zero-order chi connectivity index (χ0) is 22.9. The smallest absolute Gasteiger partial charge is 0.262 e. The van der Waals surface area contributed by atoms with Crippen molar-refractivity contribution in [2.24, 2.45) is 5.92 Å². The van der Waals surface area contributed by atoms with Gasteiger partial charge in [0.05, 0.1) is 22.3 Å². The van der Waals surface area contributed by atoms with Crippen LogP contribution < -0.4 is 5.56 Å². The number of aromatic nitrogens is 3. The van der Waals surface area contributed by atoms with Gasteiger partial charge in [-0.25, -0.2) is 4.98 Å². The van der Waals surface area contributed by atoms with Gasteiger partial charge in [-0.05, 0) is 56.9 Å². The van der Waals surface area contributed by atoms with E-state index in [1.807, 2.05) is 0 Å². The second-order valence-electron chi connectivity index (χ2n) is 8.09. The monoisotopic (exact) mass is 459 g/mol. The molecule has 2 aromatic heterocycles. The summed E-state index contributed by atoms with van der Waals surface area (Å²) in [7, 11) is 0. The molecule has 0 amide bonds. The molecule has 3 rings (SSSR count). The second kappa shape index (κ2) is 9.40. The molecule has 0 aliphatic carbocycles. The third-order valence-electron chi connectivity index (χ3n) is 5.21. The second-order valence-corrected chi connectivity index (χ2v) is 9.47. The van der Waals surface area contributed by atoms with Crippen LogP contribution in [-0.2, 0) is 6.54 Å². The molecule has 0 aliphatic heterocycles. The maximum Gasteiger partial charge on any atom is 0.262 e. The molecule has 0 unspecified atom stereocenters. The number of rotatable bonds is 8. The summed E-state index contributed by atoms with van der Waals surface area (Å²) in [5, 5.41) is 1.49. The third-order valence-corrected chi connectivity index (χ3v) is 6.42. The van der Waals surface area contributed by atoms with Crippen LogP contribution in [-0.4, -0.2) is 31.9 Å². The molecule has 3 aromatic rings. The number of H-pyrrole nitrogens is 1. The van der Waals surface area contributed by atoms with E-state index in [2.05, 4.69) is 23.8 Å². The van der Waals surface area contributed by atoms with Gasteiger partial charge in [-0.3, -0.25) is 19.0 Å². The van der Waals surface area contributed by atoms with Gasteiger partial charge in [-0.15, -0.1) is 0 Å². The number of thioether (sulfide) groups is 1. The Kier molecular flexibility index (Phi) is 7.06. The van der Waals surface area contributed by atoms with Crippen molar-refractivity contribution >= 4 is 45.8 Å². The number of aryl methyl sites for hydroxylation is 1. The largest absolute Gasteiger partial charge is 0.355 e. The molecule has 0 spiro atoms. The third kappa shape index (κ3) is 4.93. The molecule has 0 aliphatic rings. The van der Waals surface area contributed by atoms with Gasteiger partial charge in [0.2, 0.25) is 0 Å². The van der Waals surface area contributed by atoms with Gasteiger partial charge in [-0.1, -0.05) is 37.2 Å². The average Bonchev–Trinajstić information content (AvgIpc) is 2.99. The van der Waals surface area contributed by atoms with Gasteiger partial charge >= 0.3 is 0 Å².